The molecule has 1 fully saturated rings. The number of nitrogens with one attached hydrogen (secondary N) is 2. The molecule has 2 atom stereocenters. The molecule has 2 aromatic rings. The van der Waals surface area contributed by atoms with Gasteiger partial charge in [-0.05, 0) is 44.9 Å². The van der Waals surface area contributed by atoms with E-state index in [2.05, 4.69) is 15.6 Å². The highest BCUT2D eigenvalue weighted by atomic mass is 19.1. The lowest BCUT2D eigenvalue weighted by Gasteiger charge is -2.39. The zero-order valence-corrected chi connectivity index (χ0v) is 20.2. The van der Waals surface area contributed by atoms with Gasteiger partial charge in [-0.2, -0.15) is 0 Å². The lowest BCUT2D eigenvalue weighted by molar-refractivity contribution is -0.383. The highest BCUT2D eigenvalue weighted by Crippen LogP contribution is 2.43. The van der Waals surface area contributed by atoms with Gasteiger partial charge in [-0.1, -0.05) is 0 Å². The maximum absolute atomic E-state index is 14.0. The molecule has 12 heteroatoms. The average Bonchev–Trinajstić information content (AvgIpc) is 2.76. The fourth-order valence-electron chi connectivity index (χ4n) is 4.07. The Balaban J connectivity index is 2.02. The second-order valence-electron chi connectivity index (χ2n) is 9.14. The van der Waals surface area contributed by atoms with E-state index >= 15 is 0 Å². The number of pyridine rings is 1. The normalized spacial score (nSPS) is 18.2. The molecule has 0 spiro atoms. The molecule has 1 aromatic carbocycles. The lowest BCUT2D eigenvalue weighted by Crippen LogP contribution is -2.55. The van der Waals surface area contributed by atoms with Gasteiger partial charge < -0.3 is 25.0 Å². The number of ether oxygens (including phenoxy) is 2. The zero-order chi connectivity index (χ0) is 25.9. The number of piperidine rings is 1. The molecule has 2 heterocycles. The smallest absolute Gasteiger partial charge is 0.407 e. The molecule has 0 bridgehead atoms. The first-order valence-corrected chi connectivity index (χ1v) is 11.0. The second-order valence-corrected chi connectivity index (χ2v) is 9.14. The molecule has 1 aromatic heterocycles. The summed E-state index contributed by atoms with van der Waals surface area (Å²) in [5.74, 6) is -1.63. The molecule has 1 aliphatic rings. The standard InChI is InChI=1S/C23H29F2N5O5/c1-23(2,3)35-22(31)28-17-6-7-29(12-18(17)34-5)19-16(13-8-14(24)10-15(25)9-13)11-27-21(26-4)20(19)30(32)33/h8-11,17-18H,6-7,12H2,1-5H3,(H,26,27)(H,28,31)/t17-,18-/m1/s1. The van der Waals surface area contributed by atoms with Crippen molar-refractivity contribution in [2.24, 2.45) is 0 Å². The number of hydrogen-bond donors (Lipinski definition) is 2. The van der Waals surface area contributed by atoms with Crippen LogP contribution in [-0.4, -0.2) is 61.0 Å². The van der Waals surface area contributed by atoms with Crippen molar-refractivity contribution in [3.8, 4) is 11.1 Å². The number of amides is 1. The Hall–Kier alpha value is -3.54. The van der Waals surface area contributed by atoms with Gasteiger partial charge in [-0.25, -0.2) is 18.6 Å². The monoisotopic (exact) mass is 493 g/mol. The van der Waals surface area contributed by atoms with Crippen molar-refractivity contribution < 1.29 is 28.0 Å². The molecule has 0 radical (unpaired) electrons. The average molecular weight is 494 g/mol. The fourth-order valence-corrected chi connectivity index (χ4v) is 4.07. The number of halogens is 2. The van der Waals surface area contributed by atoms with E-state index in [0.29, 0.717) is 13.0 Å². The zero-order valence-electron chi connectivity index (χ0n) is 20.2. The molecular weight excluding hydrogens is 464 g/mol. The van der Waals surface area contributed by atoms with Crippen LogP contribution in [0.5, 0.6) is 0 Å². The van der Waals surface area contributed by atoms with E-state index in [1.54, 1.807) is 25.7 Å². The second kappa shape index (κ2) is 10.4. The van der Waals surface area contributed by atoms with Crippen LogP contribution in [0.25, 0.3) is 11.1 Å². The van der Waals surface area contributed by atoms with Crippen LogP contribution in [0.2, 0.25) is 0 Å². The van der Waals surface area contributed by atoms with Crippen molar-refractivity contribution >= 4 is 23.3 Å². The van der Waals surface area contributed by atoms with Crippen LogP contribution in [0.4, 0.5) is 30.8 Å². The van der Waals surface area contributed by atoms with E-state index in [0.717, 1.165) is 18.2 Å². The summed E-state index contributed by atoms with van der Waals surface area (Å²) < 4.78 is 38.9. The van der Waals surface area contributed by atoms with E-state index in [-0.39, 0.29) is 34.9 Å². The number of methoxy groups -OCH3 is 1. The van der Waals surface area contributed by atoms with Gasteiger partial charge in [-0.15, -0.1) is 0 Å². The molecular formula is C23H29F2N5O5. The largest absolute Gasteiger partial charge is 0.444 e. The number of alkyl carbamates (subject to hydrolysis) is 1. The quantitative estimate of drug-likeness (QED) is 0.456. The van der Waals surface area contributed by atoms with E-state index < -0.39 is 40.4 Å². The van der Waals surface area contributed by atoms with Crippen molar-refractivity contribution in [3.05, 3.63) is 46.1 Å². The Morgan fingerprint density at radius 1 is 1.26 bits per heavy atom. The van der Waals surface area contributed by atoms with Crippen LogP contribution < -0.4 is 15.5 Å². The third-order valence-corrected chi connectivity index (χ3v) is 5.50. The van der Waals surface area contributed by atoms with Gasteiger partial charge in [0.2, 0.25) is 5.82 Å². The highest BCUT2D eigenvalue weighted by molar-refractivity contribution is 5.89. The van der Waals surface area contributed by atoms with Crippen molar-refractivity contribution in [1.29, 1.82) is 0 Å². The molecule has 190 valence electrons. The summed E-state index contributed by atoms with van der Waals surface area (Å²) in [5, 5.41) is 17.6. The summed E-state index contributed by atoms with van der Waals surface area (Å²) >= 11 is 0. The predicted molar refractivity (Wildman–Crippen MR) is 127 cm³/mol. The van der Waals surface area contributed by atoms with E-state index in [9.17, 15) is 23.7 Å². The fraction of sp³-hybridized carbons (Fsp3) is 0.478. The molecule has 0 aliphatic carbocycles. The number of aromatic nitrogens is 1. The van der Waals surface area contributed by atoms with Gasteiger partial charge >= 0.3 is 11.8 Å². The van der Waals surface area contributed by atoms with Crippen LogP contribution in [0, 0.1) is 21.7 Å². The van der Waals surface area contributed by atoms with Gasteiger partial charge in [0.25, 0.3) is 0 Å². The number of benzene rings is 1. The summed E-state index contributed by atoms with van der Waals surface area (Å²) in [7, 11) is 2.97. The van der Waals surface area contributed by atoms with Gasteiger partial charge in [0.15, 0.2) is 0 Å². The Kier molecular flexibility index (Phi) is 7.73. The van der Waals surface area contributed by atoms with Crippen LogP contribution in [0.15, 0.2) is 24.4 Å². The maximum atomic E-state index is 14.0. The maximum Gasteiger partial charge on any atom is 0.407 e. The number of nitrogens with zero attached hydrogens (tertiary/aromatic N) is 3. The number of hydrogen-bond acceptors (Lipinski definition) is 8. The third kappa shape index (κ3) is 6.13. The summed E-state index contributed by atoms with van der Waals surface area (Å²) in [4.78, 5) is 29.6. The first kappa shape index (κ1) is 26.1. The molecule has 1 aliphatic heterocycles. The van der Waals surface area contributed by atoms with Gasteiger partial charge in [0.1, 0.15) is 22.9 Å². The first-order valence-electron chi connectivity index (χ1n) is 11.0. The van der Waals surface area contributed by atoms with E-state index in [4.69, 9.17) is 9.47 Å². The van der Waals surface area contributed by atoms with Gasteiger partial charge in [0.05, 0.1) is 17.1 Å². The summed E-state index contributed by atoms with van der Waals surface area (Å²) in [6.45, 7) is 5.71. The number of carbonyl (C=O) groups is 1. The minimum absolute atomic E-state index is 0.00796. The van der Waals surface area contributed by atoms with Gasteiger partial charge in [0, 0.05) is 45.1 Å². The van der Waals surface area contributed by atoms with Crippen molar-refractivity contribution in [2.45, 2.75) is 44.9 Å². The van der Waals surface area contributed by atoms with Crippen LogP contribution in [-0.2, 0) is 9.47 Å². The number of anilines is 2. The summed E-state index contributed by atoms with van der Waals surface area (Å²) in [6, 6.07) is 2.50. The van der Waals surface area contributed by atoms with Crippen molar-refractivity contribution in [3.63, 3.8) is 0 Å². The number of rotatable bonds is 6. The molecule has 2 N–H and O–H groups in total. The number of nitro groups is 1. The Labute approximate surface area is 201 Å². The summed E-state index contributed by atoms with van der Waals surface area (Å²) in [5.41, 5.74) is -0.551. The molecule has 0 unspecified atom stereocenters. The third-order valence-electron chi connectivity index (χ3n) is 5.50. The van der Waals surface area contributed by atoms with Gasteiger partial charge in [-0.3, -0.25) is 10.1 Å². The van der Waals surface area contributed by atoms with Crippen LogP contribution >= 0.6 is 0 Å². The molecule has 1 amide bonds. The molecule has 10 nitrogen and oxygen atoms in total. The SMILES string of the molecule is CNc1ncc(-c2cc(F)cc(F)c2)c(N2CC[C@@H](NC(=O)OC(C)(C)C)[C@H](OC)C2)c1[N+](=O)[O-]. The number of carbonyl (C=O) groups excluding carboxylic acids is 1. The molecule has 3 rings (SSSR count). The lowest BCUT2D eigenvalue weighted by atomic mass is 9.97. The van der Waals surface area contributed by atoms with Crippen molar-refractivity contribution in [2.75, 3.05) is 37.5 Å². The Bertz CT molecular complexity index is 1090. The molecule has 35 heavy (non-hydrogen) atoms. The van der Waals surface area contributed by atoms with E-state index in [1.807, 2.05) is 0 Å². The van der Waals surface area contributed by atoms with Crippen LogP contribution in [0.1, 0.15) is 27.2 Å². The van der Waals surface area contributed by atoms with Crippen LogP contribution in [0.3, 0.4) is 0 Å². The minimum Gasteiger partial charge on any atom is -0.444 e. The molecule has 0 saturated carbocycles. The Morgan fingerprint density at radius 3 is 2.46 bits per heavy atom. The first-order chi connectivity index (χ1) is 16.4. The summed E-state index contributed by atoms with van der Waals surface area (Å²) in [6.07, 6.45) is 0.582. The van der Waals surface area contributed by atoms with Crippen molar-refractivity contribution in [1.82, 2.24) is 10.3 Å². The predicted octanol–water partition coefficient (Wildman–Crippen LogP) is 4.10. The topological polar surface area (TPSA) is 119 Å². The molecule has 1 saturated heterocycles. The van der Waals surface area contributed by atoms with E-state index in [1.165, 1.54) is 20.4 Å². The Morgan fingerprint density at radius 2 is 1.91 bits per heavy atom. The highest BCUT2D eigenvalue weighted by Gasteiger charge is 2.37. The minimum atomic E-state index is -0.818.